The molecule has 0 N–H and O–H groups in total. The summed E-state index contributed by atoms with van der Waals surface area (Å²) in [7, 11) is 4.34. The Balaban J connectivity index is 0.000000247. The van der Waals surface area contributed by atoms with Gasteiger partial charge in [-0.05, 0) is 96.0 Å². The van der Waals surface area contributed by atoms with Crippen molar-refractivity contribution in [3.05, 3.63) is 21.4 Å². The van der Waals surface area contributed by atoms with Crippen molar-refractivity contribution in [1.82, 2.24) is 9.80 Å². The molecule has 0 unspecified atom stereocenters. The molecule has 5 rings (SSSR count). The van der Waals surface area contributed by atoms with Crippen LogP contribution in [0.4, 0.5) is 9.59 Å². The molecular weight excluding hydrogens is 713 g/mol. The van der Waals surface area contributed by atoms with Gasteiger partial charge in [0.25, 0.3) is 0 Å². The van der Waals surface area contributed by atoms with Crippen molar-refractivity contribution in [2.45, 2.75) is 116 Å². The number of ether oxygens (including phenoxy) is 3. The van der Waals surface area contributed by atoms with Crippen LogP contribution in [0.3, 0.4) is 0 Å². The van der Waals surface area contributed by atoms with Crippen LogP contribution in [-0.4, -0.2) is 90.6 Å². The van der Waals surface area contributed by atoms with Gasteiger partial charge in [0.2, 0.25) is 0 Å². The molecule has 5 aliphatic heterocycles. The first-order valence-corrected chi connectivity index (χ1v) is 17.1. The van der Waals surface area contributed by atoms with Crippen LogP contribution in [-0.2, 0) is 14.2 Å². The number of thiol groups is 1. The molecule has 14 heteroatoms. The van der Waals surface area contributed by atoms with Crippen molar-refractivity contribution in [3.63, 3.8) is 0 Å². The molecule has 0 spiro atoms. The van der Waals surface area contributed by atoms with E-state index in [0.717, 1.165) is 85.3 Å². The van der Waals surface area contributed by atoms with Gasteiger partial charge in [-0.3, -0.25) is 14.8 Å². The SMILES string of the molecule is C1CCOC1.CC(C)(C)OC(=O)N1CCC[C@H]1C1=NC(Br)=C(Br)C1.CC(C)(C)OC(=O)N1CCC[C@H]1C1=NC=CC1.[B]=NS. The number of carbonyl (C=O) groups is 2. The number of amides is 2. The number of nitrogens with zero attached hydrogens (tertiary/aromatic N) is 5. The summed E-state index contributed by atoms with van der Waals surface area (Å²) < 4.78 is 20.4. The number of hydrogen-bond acceptors (Lipinski definition) is 9. The monoisotopic (exact) mass is 758 g/mol. The Labute approximate surface area is 286 Å². The first kappa shape index (κ1) is 38.7. The molecule has 0 bridgehead atoms. The van der Waals surface area contributed by atoms with Crippen molar-refractivity contribution in [2.75, 3.05) is 26.3 Å². The van der Waals surface area contributed by atoms with Crippen LogP contribution >= 0.6 is 44.7 Å². The third-order valence-electron chi connectivity index (χ3n) is 6.83. The van der Waals surface area contributed by atoms with Crippen LogP contribution < -0.4 is 0 Å². The van der Waals surface area contributed by atoms with E-state index < -0.39 is 11.2 Å². The van der Waals surface area contributed by atoms with Gasteiger partial charge >= 0.3 is 36.9 Å². The second-order valence-electron chi connectivity index (χ2n) is 12.8. The van der Waals surface area contributed by atoms with Crippen LogP contribution in [0.1, 0.15) is 92.9 Å². The fraction of sp³-hybridized carbons (Fsp3) is 0.733. The van der Waals surface area contributed by atoms with E-state index >= 15 is 0 Å². The van der Waals surface area contributed by atoms with Gasteiger partial charge in [-0.1, -0.05) is 22.0 Å². The second kappa shape index (κ2) is 18.6. The first-order chi connectivity index (χ1) is 20.7. The molecule has 0 aromatic carbocycles. The molecule has 3 saturated heterocycles. The van der Waals surface area contributed by atoms with E-state index in [4.69, 9.17) is 14.2 Å². The van der Waals surface area contributed by atoms with E-state index in [2.05, 4.69) is 66.6 Å². The maximum atomic E-state index is 12.2. The van der Waals surface area contributed by atoms with Crippen molar-refractivity contribution < 1.29 is 23.8 Å². The molecule has 0 aromatic rings. The summed E-state index contributed by atoms with van der Waals surface area (Å²) in [6.07, 6.45) is 11.6. The quantitative estimate of drug-likeness (QED) is 0.175. The van der Waals surface area contributed by atoms with Crippen LogP contribution in [0.5, 0.6) is 0 Å². The van der Waals surface area contributed by atoms with Crippen molar-refractivity contribution in [2.24, 2.45) is 14.3 Å². The van der Waals surface area contributed by atoms with Crippen LogP contribution in [0.2, 0.25) is 0 Å². The van der Waals surface area contributed by atoms with Gasteiger partial charge in [0.1, 0.15) is 15.8 Å². The molecule has 5 aliphatic rings. The van der Waals surface area contributed by atoms with Gasteiger partial charge < -0.3 is 14.2 Å². The van der Waals surface area contributed by atoms with Crippen molar-refractivity contribution in [1.29, 1.82) is 0 Å². The van der Waals surface area contributed by atoms with Gasteiger partial charge in [0, 0.05) is 61.3 Å². The molecule has 44 heavy (non-hydrogen) atoms. The Morgan fingerprint density at radius 1 is 0.932 bits per heavy atom. The number of carbonyl (C=O) groups excluding carboxylic acids is 2. The summed E-state index contributed by atoms with van der Waals surface area (Å²) >= 11 is 10.1. The Morgan fingerprint density at radius 2 is 1.41 bits per heavy atom. The molecule has 3 fully saturated rings. The summed E-state index contributed by atoms with van der Waals surface area (Å²) in [5.74, 6) is 0. The molecule has 245 valence electrons. The Morgan fingerprint density at radius 3 is 1.75 bits per heavy atom. The zero-order chi connectivity index (χ0) is 32.9. The zero-order valence-corrected chi connectivity index (χ0v) is 30.9. The molecular formula is C30H47BBr2N5O5S. The molecule has 10 nitrogen and oxygen atoms in total. The zero-order valence-electron chi connectivity index (χ0n) is 26.9. The maximum absolute atomic E-state index is 12.2. The van der Waals surface area contributed by atoms with Crippen LogP contribution in [0.15, 0.2) is 35.7 Å². The van der Waals surface area contributed by atoms with Gasteiger partial charge in [-0.2, -0.15) is 0 Å². The third-order valence-corrected chi connectivity index (χ3v) is 8.68. The van der Waals surface area contributed by atoms with Gasteiger partial charge in [-0.25, -0.2) is 14.6 Å². The summed E-state index contributed by atoms with van der Waals surface area (Å²) in [4.78, 5) is 36.7. The van der Waals surface area contributed by atoms with E-state index in [1.807, 2.05) is 58.7 Å². The summed E-state index contributed by atoms with van der Waals surface area (Å²) in [5, 5.41) is 0. The second-order valence-corrected chi connectivity index (χ2v) is 14.7. The molecule has 0 aromatic heterocycles. The minimum absolute atomic E-state index is 0.0671. The standard InChI is InChI=1S/C13H18Br2N2O2.C13H20N2O2.C4H8O.BHNS/c1-13(2,3)19-12(18)17-6-4-5-10(17)9-7-8(14)11(15)16-9;1-13(2,3)17-12(16)15-9-5-7-11(15)10-6-4-8-14-10;1-2-4-5-3-1;1-2-3/h10H,4-7H2,1-3H3;4,8,11H,5-7,9H2,1-3H3;1-4H2;3H/t10-;11-;;/m00../s1. The fourth-order valence-electron chi connectivity index (χ4n) is 5.06. The van der Waals surface area contributed by atoms with Gasteiger partial charge in [0.15, 0.2) is 0 Å². The normalized spacial score (nSPS) is 22.6. The van der Waals surface area contributed by atoms with Crippen molar-refractivity contribution >= 4 is 75.9 Å². The van der Waals surface area contributed by atoms with Crippen LogP contribution in [0, 0.1) is 0 Å². The number of halogens is 2. The minimum atomic E-state index is -0.457. The first-order valence-electron chi connectivity index (χ1n) is 15.1. The third kappa shape index (κ3) is 13.5. The fourth-order valence-corrected chi connectivity index (χ4v) is 5.81. The van der Waals surface area contributed by atoms with E-state index in [0.29, 0.717) is 0 Å². The molecule has 1 radical (unpaired) electrons. The number of hydrogen-bond donors (Lipinski definition) is 1. The topological polar surface area (TPSA) is 105 Å². The van der Waals surface area contributed by atoms with E-state index in [1.165, 1.54) is 12.8 Å². The van der Waals surface area contributed by atoms with E-state index in [1.54, 1.807) is 4.90 Å². The van der Waals surface area contributed by atoms with Crippen LogP contribution in [0.25, 0.3) is 0 Å². The Hall–Kier alpha value is -1.51. The molecule has 2 amide bonds. The Bertz CT molecular complexity index is 1110. The molecule has 5 heterocycles. The Kier molecular flexibility index (Phi) is 16.3. The average Bonchev–Trinajstić information content (AvgIpc) is 3.75. The van der Waals surface area contributed by atoms with Gasteiger partial charge in [0.05, 0.1) is 12.1 Å². The van der Waals surface area contributed by atoms with E-state index in [9.17, 15) is 9.59 Å². The molecule has 0 aliphatic carbocycles. The number of allylic oxidation sites excluding steroid dienone is 2. The number of aliphatic imine (C=N–C) groups is 2. The molecule has 2 atom stereocenters. The summed E-state index contributed by atoms with van der Waals surface area (Å²) in [6, 6.07) is 0.206. The molecule has 0 saturated carbocycles. The number of likely N-dealkylation sites (tertiary alicyclic amines) is 2. The summed E-state index contributed by atoms with van der Waals surface area (Å²) in [6.45, 7) is 14.9. The van der Waals surface area contributed by atoms with E-state index in [-0.39, 0.29) is 24.3 Å². The predicted octanol–water partition coefficient (Wildman–Crippen LogP) is 7.91. The summed E-state index contributed by atoms with van der Waals surface area (Å²) in [5.41, 5.74) is 1.23. The average molecular weight is 760 g/mol. The van der Waals surface area contributed by atoms with Crippen molar-refractivity contribution in [3.8, 4) is 0 Å². The van der Waals surface area contributed by atoms with Gasteiger partial charge in [-0.15, -0.1) is 0 Å². The number of rotatable bonds is 2. The predicted molar refractivity (Wildman–Crippen MR) is 187 cm³/mol.